The van der Waals surface area contributed by atoms with Crippen molar-refractivity contribution in [3.63, 3.8) is 0 Å². The molecule has 7 heteroatoms. The van der Waals surface area contributed by atoms with Crippen LogP contribution in [0.25, 0.3) is 0 Å². The number of rotatable bonds is 8. The zero-order valence-corrected chi connectivity index (χ0v) is 19.9. The number of aliphatic imine (C=N–C) groups is 1. The highest BCUT2D eigenvalue weighted by Crippen LogP contribution is 2.29. The maximum Gasteiger partial charge on any atom is 0.193 e. The summed E-state index contributed by atoms with van der Waals surface area (Å²) >= 11 is 6.38. The van der Waals surface area contributed by atoms with Crippen LogP contribution in [0.2, 0.25) is 5.02 Å². The second-order valence-electron chi connectivity index (χ2n) is 7.43. The summed E-state index contributed by atoms with van der Waals surface area (Å²) in [5.41, 5.74) is 1.06. The number of nitrogens with one attached hydrogen (secondary N) is 1. The molecule has 1 unspecified atom stereocenters. The van der Waals surface area contributed by atoms with Crippen molar-refractivity contribution < 1.29 is 9.47 Å². The maximum atomic E-state index is 6.38. The Morgan fingerprint density at radius 1 is 1.33 bits per heavy atom. The Labute approximate surface area is 185 Å². The Hall–Kier alpha value is -0.570. The summed E-state index contributed by atoms with van der Waals surface area (Å²) in [7, 11) is 3.54. The quantitative estimate of drug-likeness (QED) is 0.251. The van der Waals surface area contributed by atoms with Gasteiger partial charge in [0, 0.05) is 50.1 Å². The fourth-order valence-corrected chi connectivity index (χ4v) is 3.68. The molecule has 1 aliphatic rings. The number of halogens is 2. The van der Waals surface area contributed by atoms with Gasteiger partial charge < -0.3 is 19.7 Å². The van der Waals surface area contributed by atoms with Crippen molar-refractivity contribution in [2.24, 2.45) is 10.9 Å². The van der Waals surface area contributed by atoms with Crippen LogP contribution in [0.5, 0.6) is 0 Å². The second kappa shape index (κ2) is 12.1. The molecule has 0 aliphatic carbocycles. The van der Waals surface area contributed by atoms with E-state index in [1.165, 1.54) is 0 Å². The van der Waals surface area contributed by atoms with Gasteiger partial charge in [-0.05, 0) is 18.1 Å². The molecule has 0 amide bonds. The smallest absolute Gasteiger partial charge is 0.193 e. The van der Waals surface area contributed by atoms with Crippen LogP contribution in [0.3, 0.4) is 0 Å². The molecule has 154 valence electrons. The molecule has 5 nitrogen and oxygen atoms in total. The first-order chi connectivity index (χ1) is 12.5. The van der Waals surface area contributed by atoms with Crippen molar-refractivity contribution in [2.45, 2.75) is 25.7 Å². The summed E-state index contributed by atoms with van der Waals surface area (Å²) in [4.78, 5) is 6.78. The van der Waals surface area contributed by atoms with Crippen molar-refractivity contribution >= 4 is 41.5 Å². The van der Waals surface area contributed by atoms with E-state index in [4.69, 9.17) is 21.1 Å². The van der Waals surface area contributed by atoms with Crippen LogP contribution < -0.4 is 5.32 Å². The highest BCUT2D eigenvalue weighted by Gasteiger charge is 2.27. The molecular weight excluding hydrogens is 477 g/mol. The molecular formula is C20H33ClIN3O2. The molecule has 0 bridgehead atoms. The summed E-state index contributed by atoms with van der Waals surface area (Å²) in [5.74, 6) is 1.49. The summed E-state index contributed by atoms with van der Waals surface area (Å²) in [6.45, 7) is 9.24. The van der Waals surface area contributed by atoms with Crippen molar-refractivity contribution in [1.29, 1.82) is 0 Å². The van der Waals surface area contributed by atoms with Gasteiger partial charge in [-0.25, -0.2) is 0 Å². The van der Waals surface area contributed by atoms with Crippen molar-refractivity contribution in [3.05, 3.63) is 34.9 Å². The fourth-order valence-electron chi connectivity index (χ4n) is 3.29. The van der Waals surface area contributed by atoms with Crippen molar-refractivity contribution in [2.75, 3.05) is 53.6 Å². The van der Waals surface area contributed by atoms with E-state index in [1.807, 2.05) is 25.2 Å². The average Bonchev–Trinajstić information content (AvgIpc) is 3.08. The number of methoxy groups -OCH3 is 1. The lowest BCUT2D eigenvalue weighted by atomic mass is 9.84. The first-order valence-corrected chi connectivity index (χ1v) is 9.63. The number of hydrogen-bond donors (Lipinski definition) is 1. The normalized spacial score (nSPS) is 17.7. The van der Waals surface area contributed by atoms with Crippen LogP contribution in [0, 0.1) is 5.92 Å². The maximum absolute atomic E-state index is 6.38. The molecule has 1 saturated heterocycles. The molecule has 0 aromatic heterocycles. The van der Waals surface area contributed by atoms with Gasteiger partial charge in [0.25, 0.3) is 0 Å². The fraction of sp³-hybridized carbons (Fsp3) is 0.650. The summed E-state index contributed by atoms with van der Waals surface area (Å²) < 4.78 is 10.7. The molecule has 1 aliphatic heterocycles. The zero-order valence-electron chi connectivity index (χ0n) is 16.8. The molecule has 1 heterocycles. The lowest BCUT2D eigenvalue weighted by molar-refractivity contribution is 0.0536. The van der Waals surface area contributed by atoms with Gasteiger partial charge in [-0.3, -0.25) is 4.99 Å². The Balaban J connectivity index is 0.00000364. The third-order valence-electron chi connectivity index (χ3n) is 4.87. The Bertz CT molecular complexity index is 598. The Morgan fingerprint density at radius 3 is 2.74 bits per heavy atom. The molecule has 1 fully saturated rings. The van der Waals surface area contributed by atoms with E-state index in [1.54, 1.807) is 7.11 Å². The highest BCUT2D eigenvalue weighted by atomic mass is 127. The highest BCUT2D eigenvalue weighted by molar-refractivity contribution is 14.0. The third kappa shape index (κ3) is 7.40. The van der Waals surface area contributed by atoms with Crippen molar-refractivity contribution in [3.8, 4) is 0 Å². The second-order valence-corrected chi connectivity index (χ2v) is 7.84. The van der Waals surface area contributed by atoms with Crippen LogP contribution in [0.15, 0.2) is 29.3 Å². The monoisotopic (exact) mass is 509 g/mol. The predicted molar refractivity (Wildman–Crippen MR) is 124 cm³/mol. The van der Waals surface area contributed by atoms with Gasteiger partial charge in [0.15, 0.2) is 5.96 Å². The first-order valence-electron chi connectivity index (χ1n) is 9.25. The summed E-state index contributed by atoms with van der Waals surface area (Å²) in [5, 5.41) is 4.34. The molecule has 0 saturated carbocycles. The Morgan fingerprint density at radius 2 is 2.07 bits per heavy atom. The van der Waals surface area contributed by atoms with Crippen molar-refractivity contribution in [1.82, 2.24) is 10.2 Å². The van der Waals surface area contributed by atoms with E-state index in [0.717, 1.165) is 49.2 Å². The van der Waals surface area contributed by atoms with E-state index in [2.05, 4.69) is 35.1 Å². The molecule has 1 aromatic rings. The van der Waals surface area contributed by atoms with Crippen LogP contribution in [-0.2, 0) is 14.9 Å². The van der Waals surface area contributed by atoms with Crippen LogP contribution in [-0.4, -0.2) is 64.5 Å². The van der Waals surface area contributed by atoms with E-state index in [9.17, 15) is 0 Å². The summed E-state index contributed by atoms with van der Waals surface area (Å²) in [6, 6.07) is 8.04. The SMILES string of the molecule is CN=C(NCC(C)(C)c1ccccc1Cl)N1CCC(COCCOC)C1.I. The lowest BCUT2D eigenvalue weighted by Crippen LogP contribution is -2.45. The molecule has 2 rings (SSSR count). The predicted octanol–water partition coefficient (Wildman–Crippen LogP) is 3.80. The number of benzene rings is 1. The summed E-state index contributed by atoms with van der Waals surface area (Å²) in [6.07, 6.45) is 1.13. The molecule has 27 heavy (non-hydrogen) atoms. The third-order valence-corrected chi connectivity index (χ3v) is 5.20. The number of guanidine groups is 1. The van der Waals surface area contributed by atoms with Gasteiger partial charge in [-0.1, -0.05) is 43.6 Å². The minimum atomic E-state index is -0.0866. The van der Waals surface area contributed by atoms with E-state index in [-0.39, 0.29) is 29.4 Å². The van der Waals surface area contributed by atoms with Gasteiger partial charge in [-0.15, -0.1) is 24.0 Å². The average molecular weight is 510 g/mol. The largest absolute Gasteiger partial charge is 0.382 e. The van der Waals surface area contributed by atoms with E-state index >= 15 is 0 Å². The molecule has 0 radical (unpaired) electrons. The number of ether oxygens (including phenoxy) is 2. The standard InChI is InChI=1S/C20H32ClN3O2.HI/c1-20(2,17-7-5-6-8-18(17)21)15-23-19(22-3)24-10-9-16(13-24)14-26-12-11-25-4;/h5-8,16H,9-15H2,1-4H3,(H,22,23);1H. The minimum absolute atomic E-state index is 0. The van der Waals surface area contributed by atoms with E-state index < -0.39 is 0 Å². The Kier molecular flexibility index (Phi) is 11.0. The number of hydrogen-bond acceptors (Lipinski definition) is 3. The lowest BCUT2D eigenvalue weighted by Gasteiger charge is -2.30. The van der Waals surface area contributed by atoms with Crippen LogP contribution in [0.4, 0.5) is 0 Å². The minimum Gasteiger partial charge on any atom is -0.382 e. The van der Waals surface area contributed by atoms with Crippen LogP contribution >= 0.6 is 35.6 Å². The number of nitrogens with zero attached hydrogens (tertiary/aromatic N) is 2. The van der Waals surface area contributed by atoms with Gasteiger partial charge in [-0.2, -0.15) is 0 Å². The molecule has 1 atom stereocenters. The van der Waals surface area contributed by atoms with Gasteiger partial charge in [0.1, 0.15) is 0 Å². The zero-order chi connectivity index (χ0) is 19.0. The van der Waals surface area contributed by atoms with Crippen LogP contribution in [0.1, 0.15) is 25.8 Å². The van der Waals surface area contributed by atoms with E-state index in [0.29, 0.717) is 19.1 Å². The molecule has 1 N–H and O–H groups in total. The van der Waals surface area contributed by atoms with Gasteiger partial charge >= 0.3 is 0 Å². The number of likely N-dealkylation sites (tertiary alicyclic amines) is 1. The first kappa shape index (κ1) is 24.5. The van der Waals surface area contributed by atoms with Gasteiger partial charge in [0.2, 0.25) is 0 Å². The topological polar surface area (TPSA) is 46.1 Å². The molecule has 1 aromatic carbocycles. The molecule has 0 spiro atoms. The van der Waals surface area contributed by atoms with Gasteiger partial charge in [0.05, 0.1) is 19.8 Å².